The molecule has 0 aliphatic carbocycles. The second-order valence-corrected chi connectivity index (χ2v) is 7.59. The Balaban J connectivity index is 1.36. The van der Waals surface area contributed by atoms with Crippen molar-refractivity contribution < 1.29 is 9.53 Å². The Morgan fingerprint density at radius 3 is 2.54 bits per heavy atom. The van der Waals surface area contributed by atoms with Crippen LogP contribution in [0.1, 0.15) is 20.8 Å². The highest BCUT2D eigenvalue weighted by molar-refractivity contribution is 5.82. The SMILES string of the molecule is CCn1nnc2c(N3CCN(CC(=O)N4CC(C)OC(C)C4)CC3)ncnc21. The van der Waals surface area contributed by atoms with Crippen LogP contribution >= 0.6 is 0 Å². The van der Waals surface area contributed by atoms with Gasteiger partial charge >= 0.3 is 0 Å². The normalized spacial score (nSPS) is 24.1. The van der Waals surface area contributed by atoms with E-state index in [1.807, 2.05) is 25.7 Å². The van der Waals surface area contributed by atoms with Crippen molar-refractivity contribution in [2.45, 2.75) is 39.5 Å². The Morgan fingerprint density at radius 1 is 1.14 bits per heavy atom. The molecule has 2 aliphatic heterocycles. The molecule has 28 heavy (non-hydrogen) atoms. The lowest BCUT2D eigenvalue weighted by Crippen LogP contribution is -2.54. The van der Waals surface area contributed by atoms with Crippen molar-refractivity contribution in [1.29, 1.82) is 0 Å². The average Bonchev–Trinajstić information content (AvgIpc) is 3.11. The van der Waals surface area contributed by atoms with E-state index in [9.17, 15) is 4.79 Å². The van der Waals surface area contributed by atoms with Gasteiger partial charge in [0.25, 0.3) is 0 Å². The molecular formula is C18H28N8O2. The van der Waals surface area contributed by atoms with Gasteiger partial charge in [-0.05, 0) is 20.8 Å². The van der Waals surface area contributed by atoms with Gasteiger partial charge in [0.05, 0.1) is 18.8 Å². The number of amides is 1. The Kier molecular flexibility index (Phi) is 5.40. The predicted octanol–water partition coefficient (Wildman–Crippen LogP) is -0.001000. The summed E-state index contributed by atoms with van der Waals surface area (Å²) in [5.74, 6) is 1.01. The molecule has 2 saturated heterocycles. The van der Waals surface area contributed by atoms with Crippen molar-refractivity contribution in [3.8, 4) is 0 Å². The van der Waals surface area contributed by atoms with Crippen molar-refractivity contribution in [2.75, 3.05) is 50.7 Å². The van der Waals surface area contributed by atoms with Crippen molar-refractivity contribution in [1.82, 2.24) is 34.8 Å². The second-order valence-electron chi connectivity index (χ2n) is 7.59. The van der Waals surface area contributed by atoms with Gasteiger partial charge < -0.3 is 14.5 Å². The van der Waals surface area contributed by atoms with Crippen LogP contribution < -0.4 is 4.90 Å². The van der Waals surface area contributed by atoms with Crippen LogP contribution in [0, 0.1) is 0 Å². The van der Waals surface area contributed by atoms with Crippen LogP contribution in [0.25, 0.3) is 11.2 Å². The zero-order chi connectivity index (χ0) is 19.7. The highest BCUT2D eigenvalue weighted by Gasteiger charge is 2.28. The van der Waals surface area contributed by atoms with Crippen LogP contribution in [0.15, 0.2) is 6.33 Å². The number of hydrogen-bond acceptors (Lipinski definition) is 8. The lowest BCUT2D eigenvalue weighted by Gasteiger charge is -2.38. The molecular weight excluding hydrogens is 360 g/mol. The first-order valence-electron chi connectivity index (χ1n) is 10.00. The predicted molar refractivity (Wildman–Crippen MR) is 104 cm³/mol. The lowest BCUT2D eigenvalue weighted by molar-refractivity contribution is -0.144. The molecule has 152 valence electrons. The lowest BCUT2D eigenvalue weighted by atomic mass is 10.2. The Bertz CT molecular complexity index is 822. The molecule has 0 radical (unpaired) electrons. The molecule has 4 heterocycles. The van der Waals surface area contributed by atoms with Gasteiger partial charge in [-0.25, -0.2) is 14.6 Å². The van der Waals surface area contributed by atoms with Crippen LogP contribution in [0.2, 0.25) is 0 Å². The zero-order valence-corrected chi connectivity index (χ0v) is 16.8. The van der Waals surface area contributed by atoms with Crippen LogP contribution in [-0.4, -0.2) is 98.7 Å². The van der Waals surface area contributed by atoms with E-state index in [2.05, 4.69) is 30.1 Å². The van der Waals surface area contributed by atoms with Gasteiger partial charge in [-0.2, -0.15) is 0 Å². The molecule has 2 aromatic heterocycles. The number of hydrogen-bond donors (Lipinski definition) is 0. The first-order valence-corrected chi connectivity index (χ1v) is 10.00. The maximum Gasteiger partial charge on any atom is 0.236 e. The average molecular weight is 388 g/mol. The number of aromatic nitrogens is 5. The van der Waals surface area contributed by atoms with Crippen molar-refractivity contribution >= 4 is 22.9 Å². The minimum Gasteiger partial charge on any atom is -0.372 e. The number of aryl methyl sites for hydroxylation is 1. The third-order valence-corrected chi connectivity index (χ3v) is 5.38. The maximum absolute atomic E-state index is 12.7. The minimum absolute atomic E-state index is 0.0984. The summed E-state index contributed by atoms with van der Waals surface area (Å²) >= 11 is 0. The van der Waals surface area contributed by atoms with E-state index in [1.54, 1.807) is 11.0 Å². The van der Waals surface area contributed by atoms with Gasteiger partial charge in [-0.3, -0.25) is 9.69 Å². The Labute approximate surface area is 164 Å². The van der Waals surface area contributed by atoms with Gasteiger partial charge in [-0.1, -0.05) is 5.21 Å². The van der Waals surface area contributed by atoms with Crippen LogP contribution in [-0.2, 0) is 16.1 Å². The summed E-state index contributed by atoms with van der Waals surface area (Å²) in [6.07, 6.45) is 1.77. The molecule has 2 unspecified atom stereocenters. The number of anilines is 1. The summed E-state index contributed by atoms with van der Waals surface area (Å²) in [7, 11) is 0. The third-order valence-electron chi connectivity index (χ3n) is 5.38. The zero-order valence-electron chi connectivity index (χ0n) is 16.8. The standard InChI is InChI=1S/C18H28N8O2/c1-4-26-18-16(21-22-26)17(19-12-20-18)24-7-5-23(6-8-24)11-15(27)25-9-13(2)28-14(3)10-25/h12-14H,4-11H2,1-3H3. The molecule has 2 fully saturated rings. The smallest absolute Gasteiger partial charge is 0.236 e. The van der Waals surface area contributed by atoms with E-state index in [0.717, 1.165) is 49.7 Å². The summed E-state index contributed by atoms with van der Waals surface area (Å²) < 4.78 is 7.50. The first-order chi connectivity index (χ1) is 13.5. The van der Waals surface area contributed by atoms with Gasteiger partial charge in [0, 0.05) is 45.8 Å². The molecule has 1 amide bonds. The number of carbonyl (C=O) groups excluding carboxylic acids is 1. The largest absolute Gasteiger partial charge is 0.372 e. The summed E-state index contributed by atoms with van der Waals surface area (Å²) in [6, 6.07) is 0. The molecule has 0 aromatic carbocycles. The topological polar surface area (TPSA) is 92.5 Å². The molecule has 0 saturated carbocycles. The van der Waals surface area contributed by atoms with Crippen LogP contribution in [0.4, 0.5) is 5.82 Å². The number of piperazine rings is 1. The summed E-state index contributed by atoms with van der Waals surface area (Å²) in [5.41, 5.74) is 1.51. The molecule has 10 heteroatoms. The van der Waals surface area contributed by atoms with E-state index < -0.39 is 0 Å². The minimum atomic E-state index is 0.0984. The van der Waals surface area contributed by atoms with E-state index in [0.29, 0.717) is 19.6 Å². The van der Waals surface area contributed by atoms with Crippen LogP contribution in [0.5, 0.6) is 0 Å². The molecule has 2 aliphatic rings. The number of ether oxygens (including phenoxy) is 1. The third kappa shape index (κ3) is 3.79. The highest BCUT2D eigenvalue weighted by atomic mass is 16.5. The molecule has 0 bridgehead atoms. The van der Waals surface area contributed by atoms with Gasteiger partial charge in [0.15, 0.2) is 17.0 Å². The van der Waals surface area contributed by atoms with Crippen molar-refractivity contribution in [3.05, 3.63) is 6.33 Å². The number of morpholine rings is 1. The summed E-state index contributed by atoms with van der Waals surface area (Å²) in [4.78, 5) is 27.8. The molecule has 0 N–H and O–H groups in total. The first kappa shape index (κ1) is 19.0. The van der Waals surface area contributed by atoms with Gasteiger partial charge in [0.1, 0.15) is 6.33 Å². The molecule has 0 spiro atoms. The quantitative estimate of drug-likeness (QED) is 0.723. The molecule has 2 aromatic rings. The van der Waals surface area contributed by atoms with E-state index >= 15 is 0 Å². The number of fused-ring (bicyclic) bond motifs is 1. The van der Waals surface area contributed by atoms with Crippen LogP contribution in [0.3, 0.4) is 0 Å². The van der Waals surface area contributed by atoms with Crippen molar-refractivity contribution in [2.24, 2.45) is 0 Å². The fraction of sp³-hybridized carbons (Fsp3) is 0.722. The maximum atomic E-state index is 12.7. The van der Waals surface area contributed by atoms with E-state index in [-0.39, 0.29) is 18.1 Å². The molecule has 2 atom stereocenters. The summed E-state index contributed by atoms with van der Waals surface area (Å²) in [5, 5.41) is 8.42. The number of nitrogens with zero attached hydrogens (tertiary/aromatic N) is 8. The van der Waals surface area contributed by atoms with Gasteiger partial charge in [-0.15, -0.1) is 5.10 Å². The fourth-order valence-corrected chi connectivity index (χ4v) is 4.01. The Hall–Kier alpha value is -2.33. The monoisotopic (exact) mass is 388 g/mol. The summed E-state index contributed by atoms with van der Waals surface area (Å²) in [6.45, 7) is 11.8. The fourth-order valence-electron chi connectivity index (χ4n) is 4.01. The second kappa shape index (κ2) is 7.96. The van der Waals surface area contributed by atoms with Gasteiger partial charge in [0.2, 0.25) is 5.91 Å². The van der Waals surface area contributed by atoms with E-state index in [4.69, 9.17) is 4.74 Å². The number of carbonyl (C=O) groups is 1. The van der Waals surface area contributed by atoms with Crippen molar-refractivity contribution in [3.63, 3.8) is 0 Å². The number of rotatable bonds is 4. The molecule has 10 nitrogen and oxygen atoms in total. The van der Waals surface area contributed by atoms with E-state index in [1.165, 1.54) is 0 Å². The highest BCUT2D eigenvalue weighted by Crippen LogP contribution is 2.21. The molecule has 4 rings (SSSR count). The Morgan fingerprint density at radius 2 is 1.86 bits per heavy atom.